The van der Waals surface area contributed by atoms with Gasteiger partial charge >= 0.3 is 0 Å². The quantitative estimate of drug-likeness (QED) is 0.430. The molecule has 32 heavy (non-hydrogen) atoms. The van der Waals surface area contributed by atoms with Crippen molar-refractivity contribution < 1.29 is 17.5 Å². The van der Waals surface area contributed by atoms with Gasteiger partial charge in [0, 0.05) is 30.5 Å². The summed E-state index contributed by atoms with van der Waals surface area (Å²) in [6, 6.07) is 10.9. The Morgan fingerprint density at radius 1 is 1.19 bits per heavy atom. The van der Waals surface area contributed by atoms with Gasteiger partial charge in [0.1, 0.15) is 17.4 Å². The number of hydrogen-bond acceptors (Lipinski definition) is 7. The number of aromatic nitrogens is 2. The summed E-state index contributed by atoms with van der Waals surface area (Å²) < 4.78 is 51.2. The molecule has 10 heteroatoms. The first-order chi connectivity index (χ1) is 15.3. The fourth-order valence-corrected chi connectivity index (χ4v) is 5.06. The van der Waals surface area contributed by atoms with E-state index in [2.05, 4.69) is 19.4 Å². The molecular weight excluding hydrogens is 451 g/mol. The fraction of sp³-hybridized carbons (Fsp3) is 0.364. The zero-order valence-electron chi connectivity index (χ0n) is 18.3. The highest BCUT2D eigenvalue weighted by atomic mass is 32.2. The lowest BCUT2D eigenvalue weighted by Gasteiger charge is -2.18. The minimum atomic E-state index is -3.66. The van der Waals surface area contributed by atoms with E-state index in [0.29, 0.717) is 41.7 Å². The molecule has 2 aromatic carbocycles. The van der Waals surface area contributed by atoms with Crippen LogP contribution in [0.3, 0.4) is 0 Å². The first kappa shape index (κ1) is 24.1. The van der Waals surface area contributed by atoms with E-state index in [-0.39, 0.29) is 16.8 Å². The first-order valence-electron chi connectivity index (χ1n) is 10.3. The van der Waals surface area contributed by atoms with Crippen LogP contribution >= 0.6 is 11.5 Å². The third kappa shape index (κ3) is 6.47. The van der Waals surface area contributed by atoms with E-state index in [1.54, 1.807) is 31.2 Å². The van der Waals surface area contributed by atoms with E-state index in [0.717, 1.165) is 12.0 Å². The lowest BCUT2D eigenvalue weighted by Crippen LogP contribution is -2.39. The van der Waals surface area contributed by atoms with E-state index in [9.17, 15) is 12.8 Å². The number of halogens is 1. The second kappa shape index (κ2) is 10.8. The molecule has 0 radical (unpaired) electrons. The maximum Gasteiger partial charge on any atom is 0.240 e. The number of benzene rings is 2. The van der Waals surface area contributed by atoms with Gasteiger partial charge in [0.15, 0.2) is 0 Å². The largest absolute Gasteiger partial charge is 0.497 e. The summed E-state index contributed by atoms with van der Waals surface area (Å²) in [6.07, 6.45) is 1.99. The Morgan fingerprint density at radius 2 is 1.94 bits per heavy atom. The molecule has 0 spiro atoms. The van der Waals surface area contributed by atoms with Crippen molar-refractivity contribution in [2.75, 3.05) is 19.0 Å². The number of nitrogens with one attached hydrogen (secondary N) is 2. The summed E-state index contributed by atoms with van der Waals surface area (Å²) in [4.78, 5) is 4.66. The van der Waals surface area contributed by atoms with Crippen LogP contribution < -0.4 is 14.8 Å². The molecule has 1 heterocycles. The highest BCUT2D eigenvalue weighted by Crippen LogP contribution is 2.18. The Hall–Kier alpha value is -2.56. The predicted molar refractivity (Wildman–Crippen MR) is 124 cm³/mol. The number of aryl methyl sites for hydroxylation is 1. The summed E-state index contributed by atoms with van der Waals surface area (Å²) >= 11 is 1.22. The Bertz CT molecular complexity index is 1130. The van der Waals surface area contributed by atoms with Crippen molar-refractivity contribution >= 4 is 26.7 Å². The molecule has 2 N–H and O–H groups in total. The summed E-state index contributed by atoms with van der Waals surface area (Å²) in [6.45, 7) is 4.11. The van der Waals surface area contributed by atoms with Crippen molar-refractivity contribution in [1.82, 2.24) is 14.1 Å². The highest BCUT2D eigenvalue weighted by molar-refractivity contribution is 7.89. The van der Waals surface area contributed by atoms with Gasteiger partial charge in [-0.15, -0.1) is 0 Å². The second-order valence-corrected chi connectivity index (χ2v) is 9.91. The molecule has 3 aromatic rings. The zero-order chi connectivity index (χ0) is 23.1. The van der Waals surface area contributed by atoms with Gasteiger partial charge in [-0.2, -0.15) is 4.37 Å². The zero-order valence-corrected chi connectivity index (χ0v) is 19.9. The van der Waals surface area contributed by atoms with Gasteiger partial charge in [-0.05, 0) is 54.8 Å². The number of anilines is 1. The predicted octanol–water partition coefficient (Wildman–Crippen LogP) is 4.14. The normalized spacial score (nSPS) is 12.5. The molecule has 0 aliphatic carbocycles. The molecule has 0 saturated heterocycles. The van der Waals surface area contributed by atoms with Crippen LogP contribution in [0.1, 0.15) is 36.7 Å². The monoisotopic (exact) mass is 478 g/mol. The third-order valence-electron chi connectivity index (χ3n) is 4.88. The van der Waals surface area contributed by atoms with E-state index < -0.39 is 10.0 Å². The molecule has 0 aliphatic rings. The molecule has 0 fully saturated rings. The van der Waals surface area contributed by atoms with Gasteiger partial charge in [-0.3, -0.25) is 0 Å². The molecule has 7 nitrogen and oxygen atoms in total. The highest BCUT2D eigenvalue weighted by Gasteiger charge is 2.20. The lowest BCUT2D eigenvalue weighted by atomic mass is 10.1. The molecular formula is C22H27FN4O3S2. The molecule has 3 rings (SSSR count). The van der Waals surface area contributed by atoms with E-state index in [4.69, 9.17) is 4.74 Å². The van der Waals surface area contributed by atoms with E-state index in [1.807, 2.05) is 6.92 Å². The second-order valence-electron chi connectivity index (χ2n) is 7.44. The summed E-state index contributed by atoms with van der Waals surface area (Å²) in [5, 5.41) is 3.80. The van der Waals surface area contributed by atoms with Crippen LogP contribution in [0.25, 0.3) is 0 Å². The third-order valence-corrected chi connectivity index (χ3v) is 7.13. The SMILES string of the molecule is CCCC(CNc1nc(Cc2ccc(F)c(C)c2)ns1)NS(=O)(=O)c1ccc(OC)cc1. The maximum atomic E-state index is 13.4. The van der Waals surface area contributed by atoms with Gasteiger partial charge in [-0.25, -0.2) is 22.5 Å². The van der Waals surface area contributed by atoms with Gasteiger partial charge < -0.3 is 10.1 Å². The average Bonchev–Trinajstić information content (AvgIpc) is 3.22. The number of hydrogen-bond donors (Lipinski definition) is 2. The van der Waals surface area contributed by atoms with Crippen molar-refractivity contribution in [3.63, 3.8) is 0 Å². The van der Waals surface area contributed by atoms with Crippen LogP contribution in [0.4, 0.5) is 9.52 Å². The summed E-state index contributed by atoms with van der Waals surface area (Å²) in [7, 11) is -2.13. The van der Waals surface area contributed by atoms with E-state index in [1.165, 1.54) is 36.8 Å². The molecule has 0 bridgehead atoms. The van der Waals surface area contributed by atoms with Crippen molar-refractivity contribution in [1.29, 1.82) is 0 Å². The Balaban J connectivity index is 1.61. The average molecular weight is 479 g/mol. The Labute approximate surface area is 192 Å². The summed E-state index contributed by atoms with van der Waals surface area (Å²) in [5.41, 5.74) is 1.52. The minimum absolute atomic E-state index is 0.187. The number of sulfonamides is 1. The maximum absolute atomic E-state index is 13.4. The number of nitrogens with zero attached hydrogens (tertiary/aromatic N) is 2. The van der Waals surface area contributed by atoms with Gasteiger partial charge in [0.2, 0.25) is 15.2 Å². The molecule has 1 unspecified atom stereocenters. The molecule has 172 valence electrons. The van der Waals surface area contributed by atoms with Gasteiger partial charge in [-0.1, -0.05) is 25.5 Å². The summed E-state index contributed by atoms with van der Waals surface area (Å²) in [5.74, 6) is 0.995. The van der Waals surface area contributed by atoms with Crippen LogP contribution in [0, 0.1) is 12.7 Å². The van der Waals surface area contributed by atoms with Gasteiger partial charge in [0.25, 0.3) is 0 Å². The van der Waals surface area contributed by atoms with Crippen molar-refractivity contribution in [3.8, 4) is 5.75 Å². The molecule has 0 amide bonds. The van der Waals surface area contributed by atoms with Crippen LogP contribution in [-0.2, 0) is 16.4 Å². The van der Waals surface area contributed by atoms with Gasteiger partial charge in [0.05, 0.1) is 12.0 Å². The number of rotatable bonds is 11. The molecule has 1 aromatic heterocycles. The van der Waals surface area contributed by atoms with Crippen molar-refractivity contribution in [2.45, 2.75) is 44.0 Å². The fourth-order valence-electron chi connectivity index (χ4n) is 3.20. The smallest absolute Gasteiger partial charge is 0.240 e. The van der Waals surface area contributed by atoms with Crippen molar-refractivity contribution in [2.24, 2.45) is 0 Å². The van der Waals surface area contributed by atoms with Crippen LogP contribution in [0.5, 0.6) is 5.75 Å². The van der Waals surface area contributed by atoms with Crippen LogP contribution in [-0.4, -0.2) is 37.5 Å². The minimum Gasteiger partial charge on any atom is -0.497 e. The molecule has 0 aliphatic heterocycles. The van der Waals surface area contributed by atoms with E-state index >= 15 is 0 Å². The van der Waals surface area contributed by atoms with Crippen LogP contribution in [0.15, 0.2) is 47.4 Å². The molecule has 1 atom stereocenters. The number of ether oxygens (including phenoxy) is 1. The number of methoxy groups -OCH3 is 1. The standard InChI is InChI=1S/C22H27FN4O3S2/c1-4-5-17(27-32(28,29)19-9-7-18(30-3)8-10-19)14-24-22-25-21(26-31-22)13-16-6-11-20(23)15(2)12-16/h6-12,17,27H,4-5,13-14H2,1-3H3,(H,24,25,26). The molecule has 0 saturated carbocycles. The topological polar surface area (TPSA) is 93.2 Å². The Kier molecular flexibility index (Phi) is 8.16. The first-order valence-corrected chi connectivity index (χ1v) is 12.5. The van der Waals surface area contributed by atoms with Crippen LogP contribution in [0.2, 0.25) is 0 Å². The lowest BCUT2D eigenvalue weighted by molar-refractivity contribution is 0.414. The van der Waals surface area contributed by atoms with Crippen molar-refractivity contribution in [3.05, 3.63) is 65.2 Å². The Morgan fingerprint density at radius 3 is 2.59 bits per heavy atom.